The fourth-order valence-electron chi connectivity index (χ4n) is 1.95. The number of hydrogen-bond donors (Lipinski definition) is 0. The van der Waals surface area contributed by atoms with Crippen LogP contribution < -0.4 is 0 Å². The number of nitriles is 1. The lowest BCUT2D eigenvalue weighted by molar-refractivity contribution is 1.11. The molecule has 0 saturated carbocycles. The molecule has 92 valence electrons. The lowest BCUT2D eigenvalue weighted by Crippen LogP contribution is -1.91. The number of fused-ring (bicyclic) bond motifs is 1. The van der Waals surface area contributed by atoms with E-state index in [9.17, 15) is 0 Å². The lowest BCUT2D eigenvalue weighted by Gasteiger charge is -2.04. The van der Waals surface area contributed by atoms with Crippen molar-refractivity contribution in [2.24, 2.45) is 0 Å². The van der Waals surface area contributed by atoms with Crippen LogP contribution in [0.5, 0.6) is 0 Å². The normalized spacial score (nSPS) is 10.6. The molecule has 0 aliphatic heterocycles. The van der Waals surface area contributed by atoms with E-state index in [1.807, 2.05) is 35.7 Å². The molecule has 0 radical (unpaired) electrons. The first kappa shape index (κ1) is 11.9. The van der Waals surface area contributed by atoms with Gasteiger partial charge in [0.2, 0.25) is 0 Å². The molecule has 0 fully saturated rings. The van der Waals surface area contributed by atoms with Gasteiger partial charge in [0.1, 0.15) is 0 Å². The maximum absolute atomic E-state index is 8.88. The SMILES string of the molecule is Cc1ccc(-c2nnc3cc(C#N)ccn23)c(Br)c1. The third-order valence-corrected chi connectivity index (χ3v) is 3.56. The summed E-state index contributed by atoms with van der Waals surface area (Å²) in [6.45, 7) is 2.04. The second-order valence-electron chi connectivity index (χ2n) is 4.26. The Bertz CT molecular complexity index is 814. The van der Waals surface area contributed by atoms with Gasteiger partial charge in [-0.15, -0.1) is 10.2 Å². The summed E-state index contributed by atoms with van der Waals surface area (Å²) in [5.74, 6) is 0.756. The van der Waals surface area contributed by atoms with Gasteiger partial charge in [-0.1, -0.05) is 22.0 Å². The Labute approximate surface area is 118 Å². The molecule has 0 saturated heterocycles. The van der Waals surface area contributed by atoms with E-state index in [4.69, 9.17) is 5.26 Å². The zero-order valence-electron chi connectivity index (χ0n) is 10.1. The van der Waals surface area contributed by atoms with E-state index >= 15 is 0 Å². The van der Waals surface area contributed by atoms with Crippen LogP contribution in [0.3, 0.4) is 0 Å². The van der Waals surface area contributed by atoms with E-state index in [0.717, 1.165) is 15.9 Å². The first-order chi connectivity index (χ1) is 9.19. The van der Waals surface area contributed by atoms with Crippen LogP contribution in [0.2, 0.25) is 0 Å². The van der Waals surface area contributed by atoms with Gasteiger partial charge in [0.15, 0.2) is 11.5 Å². The average Bonchev–Trinajstić information content (AvgIpc) is 2.81. The third-order valence-electron chi connectivity index (χ3n) is 2.90. The predicted molar refractivity (Wildman–Crippen MR) is 75.6 cm³/mol. The van der Waals surface area contributed by atoms with E-state index in [2.05, 4.69) is 32.2 Å². The molecule has 0 aliphatic carbocycles. The Balaban J connectivity index is 2.23. The van der Waals surface area contributed by atoms with E-state index in [1.54, 1.807) is 12.1 Å². The second kappa shape index (κ2) is 4.48. The zero-order valence-corrected chi connectivity index (χ0v) is 11.7. The quantitative estimate of drug-likeness (QED) is 0.692. The molecule has 5 heteroatoms. The highest BCUT2D eigenvalue weighted by Crippen LogP contribution is 2.28. The summed E-state index contributed by atoms with van der Waals surface area (Å²) in [5.41, 5.74) is 3.40. The molecule has 1 aromatic carbocycles. The number of nitrogens with zero attached hydrogens (tertiary/aromatic N) is 4. The van der Waals surface area contributed by atoms with Crippen molar-refractivity contribution in [2.75, 3.05) is 0 Å². The summed E-state index contributed by atoms with van der Waals surface area (Å²) in [5, 5.41) is 17.2. The molecule has 0 N–H and O–H groups in total. The molecular formula is C14H9BrN4. The van der Waals surface area contributed by atoms with Gasteiger partial charge in [-0.05, 0) is 30.7 Å². The van der Waals surface area contributed by atoms with Crippen LogP contribution >= 0.6 is 15.9 Å². The Hall–Kier alpha value is -2.19. The summed E-state index contributed by atoms with van der Waals surface area (Å²) in [4.78, 5) is 0. The summed E-state index contributed by atoms with van der Waals surface area (Å²) in [7, 11) is 0. The Kier molecular flexibility index (Phi) is 2.80. The number of benzene rings is 1. The van der Waals surface area contributed by atoms with Gasteiger partial charge in [0, 0.05) is 22.3 Å². The number of pyridine rings is 1. The molecular weight excluding hydrogens is 304 g/mol. The minimum atomic E-state index is 0.578. The van der Waals surface area contributed by atoms with Crippen LogP contribution in [-0.4, -0.2) is 14.6 Å². The van der Waals surface area contributed by atoms with Gasteiger partial charge in [-0.25, -0.2) is 0 Å². The van der Waals surface area contributed by atoms with E-state index in [0.29, 0.717) is 11.2 Å². The van der Waals surface area contributed by atoms with Crippen molar-refractivity contribution in [2.45, 2.75) is 6.92 Å². The van der Waals surface area contributed by atoms with Gasteiger partial charge >= 0.3 is 0 Å². The van der Waals surface area contributed by atoms with Crippen LogP contribution in [0, 0.1) is 18.3 Å². The highest BCUT2D eigenvalue weighted by Gasteiger charge is 2.11. The summed E-state index contributed by atoms with van der Waals surface area (Å²) < 4.78 is 2.85. The molecule has 0 amide bonds. The lowest BCUT2D eigenvalue weighted by atomic mass is 10.1. The maximum atomic E-state index is 8.88. The molecule has 3 rings (SSSR count). The largest absolute Gasteiger partial charge is 0.282 e. The number of aromatic nitrogens is 3. The Morgan fingerprint density at radius 3 is 2.79 bits per heavy atom. The molecule has 0 atom stereocenters. The van der Waals surface area contributed by atoms with Crippen LogP contribution in [0.25, 0.3) is 17.0 Å². The molecule has 2 aromatic heterocycles. The fraction of sp³-hybridized carbons (Fsp3) is 0.0714. The topological polar surface area (TPSA) is 54.0 Å². The first-order valence-electron chi connectivity index (χ1n) is 5.70. The van der Waals surface area contributed by atoms with Gasteiger partial charge in [-0.2, -0.15) is 5.26 Å². The van der Waals surface area contributed by atoms with Crippen molar-refractivity contribution >= 4 is 21.6 Å². The van der Waals surface area contributed by atoms with Crippen molar-refractivity contribution in [1.29, 1.82) is 5.26 Å². The number of halogens is 1. The van der Waals surface area contributed by atoms with Gasteiger partial charge in [0.25, 0.3) is 0 Å². The minimum absolute atomic E-state index is 0.578. The highest BCUT2D eigenvalue weighted by atomic mass is 79.9. The first-order valence-corrected chi connectivity index (χ1v) is 6.50. The molecule has 0 aliphatic rings. The summed E-state index contributed by atoms with van der Waals surface area (Å²) >= 11 is 3.55. The molecule has 19 heavy (non-hydrogen) atoms. The average molecular weight is 313 g/mol. The standard InChI is InChI=1S/C14H9BrN4/c1-9-2-3-11(12(15)6-9)14-18-17-13-7-10(8-16)4-5-19(13)14/h2-7H,1H3. The molecule has 2 heterocycles. The van der Waals surface area contributed by atoms with Gasteiger partial charge in [-0.3, -0.25) is 4.40 Å². The second-order valence-corrected chi connectivity index (χ2v) is 5.12. The highest BCUT2D eigenvalue weighted by molar-refractivity contribution is 9.10. The monoisotopic (exact) mass is 312 g/mol. The predicted octanol–water partition coefficient (Wildman–Crippen LogP) is 3.34. The summed E-state index contributed by atoms with van der Waals surface area (Å²) in [6, 6.07) is 11.7. The molecule has 0 spiro atoms. The van der Waals surface area contributed by atoms with Crippen LogP contribution in [0.1, 0.15) is 11.1 Å². The van der Waals surface area contributed by atoms with Crippen molar-refractivity contribution in [3.05, 3.63) is 52.1 Å². The van der Waals surface area contributed by atoms with Gasteiger partial charge < -0.3 is 0 Å². The van der Waals surface area contributed by atoms with Crippen molar-refractivity contribution < 1.29 is 0 Å². The number of aryl methyl sites for hydroxylation is 1. The van der Waals surface area contributed by atoms with E-state index in [1.165, 1.54) is 5.56 Å². The van der Waals surface area contributed by atoms with Crippen LogP contribution in [0.15, 0.2) is 41.0 Å². The van der Waals surface area contributed by atoms with Crippen molar-refractivity contribution in [3.8, 4) is 17.5 Å². The van der Waals surface area contributed by atoms with Gasteiger partial charge in [0.05, 0.1) is 11.6 Å². The van der Waals surface area contributed by atoms with Crippen LogP contribution in [0.4, 0.5) is 0 Å². The summed E-state index contributed by atoms with van der Waals surface area (Å²) in [6.07, 6.45) is 1.81. The maximum Gasteiger partial charge on any atom is 0.169 e. The number of rotatable bonds is 1. The zero-order chi connectivity index (χ0) is 13.4. The van der Waals surface area contributed by atoms with E-state index in [-0.39, 0.29) is 0 Å². The van der Waals surface area contributed by atoms with Crippen molar-refractivity contribution in [3.63, 3.8) is 0 Å². The van der Waals surface area contributed by atoms with Crippen molar-refractivity contribution in [1.82, 2.24) is 14.6 Å². The Morgan fingerprint density at radius 2 is 2.05 bits per heavy atom. The molecule has 0 unspecified atom stereocenters. The van der Waals surface area contributed by atoms with Crippen LogP contribution in [-0.2, 0) is 0 Å². The molecule has 3 aromatic rings. The third kappa shape index (κ3) is 2.00. The fourth-order valence-corrected chi connectivity index (χ4v) is 2.62. The minimum Gasteiger partial charge on any atom is -0.282 e. The Morgan fingerprint density at radius 1 is 1.21 bits per heavy atom. The number of hydrogen-bond acceptors (Lipinski definition) is 3. The van der Waals surface area contributed by atoms with E-state index < -0.39 is 0 Å². The molecule has 0 bridgehead atoms. The smallest absolute Gasteiger partial charge is 0.169 e. The molecule has 4 nitrogen and oxygen atoms in total.